The molecular weight excluding hydrogens is 965 g/mol. The van der Waals surface area contributed by atoms with E-state index in [0.717, 1.165) is 17.1 Å². The van der Waals surface area contributed by atoms with E-state index in [2.05, 4.69) is 269 Å². The van der Waals surface area contributed by atoms with Gasteiger partial charge in [-0.2, -0.15) is 0 Å². The topological polar surface area (TPSA) is 8.17 Å². The van der Waals surface area contributed by atoms with Crippen molar-refractivity contribution >= 4 is 38.9 Å². The van der Waals surface area contributed by atoms with E-state index in [1.54, 1.807) is 11.1 Å². The van der Waals surface area contributed by atoms with Crippen LogP contribution in [0, 0.1) is 13.8 Å². The molecule has 0 fully saturated rings. The van der Waals surface area contributed by atoms with Gasteiger partial charge in [-0.25, -0.2) is 0 Å². The highest BCUT2D eigenvalue weighted by atomic mass is 15.1. The molecular formula is C78H74N2. The van der Waals surface area contributed by atoms with Crippen molar-refractivity contribution in [1.82, 2.24) is 4.57 Å². The minimum Gasteiger partial charge on any atom is -0.310 e. The predicted octanol–water partition coefficient (Wildman–Crippen LogP) is 22.4. The molecule has 0 bridgehead atoms. The summed E-state index contributed by atoms with van der Waals surface area (Å²) < 4.78 is 2.53. The Morgan fingerprint density at radius 2 is 0.787 bits per heavy atom. The maximum Gasteiger partial charge on any atom is 0.0541 e. The standard InChI is InChI=1S/C78H74N2/c1-7-9-11-19-45-78(46-20-12-10-8-2)73-48-54(4)25-39-67(73)68-40-31-60(50-74(68)78)59-32-44-76-70(49-59)69-47-53(3)26-43-75(69)80(76)64-38-42-66-65-41-37-63(51-71(65)77(5,6)72(66)52-64)79(61-33-27-57(28-34-61)55-21-15-13-16-22-55)62-35-29-58(30-36-62)56-23-17-14-18-24-56/h13-18,21-44,47-52H,7-12,19-20,45-46H2,1-6H3. The molecule has 2 aliphatic carbocycles. The molecule has 0 N–H and O–H groups in total. The number of nitrogens with zero attached hydrogens (tertiary/aromatic N) is 2. The molecule has 0 atom stereocenters. The van der Waals surface area contributed by atoms with Crippen molar-refractivity contribution in [1.29, 1.82) is 0 Å². The van der Waals surface area contributed by atoms with Gasteiger partial charge in [0.05, 0.1) is 11.0 Å². The van der Waals surface area contributed by atoms with Gasteiger partial charge in [-0.05, 0) is 183 Å². The van der Waals surface area contributed by atoms with Crippen LogP contribution in [0.1, 0.15) is 125 Å². The fraction of sp³-hybridized carbons (Fsp3) is 0.231. The van der Waals surface area contributed by atoms with Crippen LogP contribution in [-0.4, -0.2) is 4.57 Å². The first kappa shape index (κ1) is 51.3. The Kier molecular flexibility index (Phi) is 13.5. The lowest BCUT2D eigenvalue weighted by molar-refractivity contribution is 0.401. The van der Waals surface area contributed by atoms with Gasteiger partial charge in [-0.3, -0.25) is 0 Å². The Morgan fingerprint density at radius 3 is 1.40 bits per heavy atom. The van der Waals surface area contributed by atoms with Gasteiger partial charge in [-0.1, -0.05) is 230 Å². The molecule has 2 aliphatic rings. The zero-order chi connectivity index (χ0) is 54.5. The van der Waals surface area contributed by atoms with Crippen molar-refractivity contribution < 1.29 is 0 Å². The molecule has 11 aromatic rings. The molecule has 1 aromatic heterocycles. The maximum atomic E-state index is 2.62. The van der Waals surface area contributed by atoms with Crippen LogP contribution in [0.5, 0.6) is 0 Å². The highest BCUT2D eigenvalue weighted by Crippen LogP contribution is 2.56. The summed E-state index contributed by atoms with van der Waals surface area (Å²) in [4.78, 5) is 2.42. The van der Waals surface area contributed by atoms with E-state index in [-0.39, 0.29) is 10.8 Å². The van der Waals surface area contributed by atoms with Gasteiger partial charge in [-0.15, -0.1) is 0 Å². The average Bonchev–Trinajstić information content (AvgIpc) is 4.26. The van der Waals surface area contributed by atoms with E-state index in [1.807, 2.05) is 0 Å². The number of anilines is 3. The summed E-state index contributed by atoms with van der Waals surface area (Å²) in [5.74, 6) is 0. The fourth-order valence-electron chi connectivity index (χ4n) is 14.1. The number of rotatable bonds is 17. The smallest absolute Gasteiger partial charge is 0.0541 e. The molecule has 13 rings (SSSR count). The summed E-state index contributed by atoms with van der Waals surface area (Å²) in [6.07, 6.45) is 12.7. The molecule has 2 heteroatoms. The first-order chi connectivity index (χ1) is 39.1. The largest absolute Gasteiger partial charge is 0.310 e. The van der Waals surface area contributed by atoms with Crippen molar-refractivity contribution in [2.75, 3.05) is 4.90 Å². The summed E-state index contributed by atoms with van der Waals surface area (Å²) in [6.45, 7) is 14.0. The van der Waals surface area contributed by atoms with Gasteiger partial charge in [0.2, 0.25) is 0 Å². The van der Waals surface area contributed by atoms with E-state index in [4.69, 9.17) is 0 Å². The molecule has 1 heterocycles. The van der Waals surface area contributed by atoms with E-state index in [1.165, 1.54) is 170 Å². The number of hydrogen-bond acceptors (Lipinski definition) is 1. The summed E-state index contributed by atoms with van der Waals surface area (Å²) in [5, 5.41) is 2.60. The third kappa shape index (κ3) is 8.98. The molecule has 0 spiro atoms. The van der Waals surface area contributed by atoms with E-state index >= 15 is 0 Å². The van der Waals surface area contributed by atoms with Crippen molar-refractivity contribution in [3.8, 4) is 61.3 Å². The molecule has 80 heavy (non-hydrogen) atoms. The zero-order valence-electron chi connectivity index (χ0n) is 47.8. The number of unbranched alkanes of at least 4 members (excludes halogenated alkanes) is 6. The molecule has 0 unspecified atom stereocenters. The SMILES string of the molecule is CCCCCCC1(CCCCCC)c2cc(C)ccc2-c2ccc(-c3ccc4c(c3)c3cc(C)ccc3n4-c3ccc4c(c3)C(C)(C)c3cc(N(c5ccc(-c6ccccc6)cc5)c5ccc(-c6ccccc6)cc5)ccc3-4)cc21. The number of benzene rings is 10. The molecule has 0 saturated heterocycles. The summed E-state index contributed by atoms with van der Waals surface area (Å²) in [5.41, 5.74) is 28.3. The molecule has 2 nitrogen and oxygen atoms in total. The normalized spacial score (nSPS) is 13.6. The van der Waals surface area contributed by atoms with E-state index < -0.39 is 0 Å². The third-order valence-electron chi connectivity index (χ3n) is 18.3. The van der Waals surface area contributed by atoms with E-state index in [0.29, 0.717) is 0 Å². The number of aryl methyl sites for hydroxylation is 2. The Balaban J connectivity index is 0.874. The van der Waals surface area contributed by atoms with Crippen molar-refractivity contribution in [3.63, 3.8) is 0 Å². The van der Waals surface area contributed by atoms with Crippen LogP contribution in [0.3, 0.4) is 0 Å². The molecule has 0 aliphatic heterocycles. The van der Waals surface area contributed by atoms with Crippen LogP contribution >= 0.6 is 0 Å². The maximum absolute atomic E-state index is 2.62. The first-order valence-corrected chi connectivity index (χ1v) is 29.9. The van der Waals surface area contributed by atoms with E-state index in [9.17, 15) is 0 Å². The summed E-state index contributed by atoms with van der Waals surface area (Å²) in [6, 6.07) is 82.9. The zero-order valence-corrected chi connectivity index (χ0v) is 47.8. The lowest BCUT2D eigenvalue weighted by atomic mass is 9.70. The summed E-state index contributed by atoms with van der Waals surface area (Å²) in [7, 11) is 0. The minimum absolute atomic E-state index is 0.0393. The van der Waals surface area contributed by atoms with Crippen LogP contribution in [0.4, 0.5) is 17.1 Å². The van der Waals surface area contributed by atoms with Crippen LogP contribution in [0.2, 0.25) is 0 Å². The lowest BCUT2D eigenvalue weighted by Crippen LogP contribution is -2.25. The highest BCUT2D eigenvalue weighted by molar-refractivity contribution is 6.11. The first-order valence-electron chi connectivity index (χ1n) is 29.9. The Hall–Kier alpha value is -8.20. The Bertz CT molecular complexity index is 3970. The second kappa shape index (κ2) is 21.1. The Labute approximate surface area is 475 Å². The van der Waals surface area contributed by atoms with Crippen LogP contribution in [-0.2, 0) is 10.8 Å². The highest BCUT2D eigenvalue weighted by Gasteiger charge is 2.43. The predicted molar refractivity (Wildman–Crippen MR) is 343 cm³/mol. The van der Waals surface area contributed by atoms with Crippen LogP contribution in [0.15, 0.2) is 218 Å². The van der Waals surface area contributed by atoms with Gasteiger partial charge in [0.25, 0.3) is 0 Å². The second-order valence-electron chi connectivity index (χ2n) is 23.8. The van der Waals surface area contributed by atoms with Crippen LogP contribution < -0.4 is 4.90 Å². The van der Waals surface area contributed by atoms with Gasteiger partial charge in [0.15, 0.2) is 0 Å². The quantitative estimate of drug-likeness (QED) is 0.0825. The molecule has 10 aromatic carbocycles. The third-order valence-corrected chi connectivity index (χ3v) is 18.3. The fourth-order valence-corrected chi connectivity index (χ4v) is 14.1. The van der Waals surface area contributed by atoms with Gasteiger partial charge >= 0.3 is 0 Å². The lowest BCUT2D eigenvalue weighted by Gasteiger charge is -2.33. The summed E-state index contributed by atoms with van der Waals surface area (Å²) >= 11 is 0. The van der Waals surface area contributed by atoms with Gasteiger partial charge < -0.3 is 9.47 Å². The average molecular weight is 1040 g/mol. The molecule has 0 amide bonds. The number of aromatic nitrogens is 1. The molecule has 0 radical (unpaired) electrons. The number of hydrogen-bond donors (Lipinski definition) is 0. The number of fused-ring (bicyclic) bond motifs is 9. The minimum atomic E-state index is -0.258. The molecule has 0 saturated carbocycles. The molecule has 396 valence electrons. The van der Waals surface area contributed by atoms with Crippen molar-refractivity contribution in [2.45, 2.75) is 117 Å². The second-order valence-corrected chi connectivity index (χ2v) is 23.8. The van der Waals surface area contributed by atoms with Crippen molar-refractivity contribution in [3.05, 3.63) is 252 Å². The Morgan fingerprint density at radius 1 is 0.350 bits per heavy atom. The van der Waals surface area contributed by atoms with Crippen LogP contribution in [0.25, 0.3) is 83.1 Å². The van der Waals surface area contributed by atoms with Gasteiger partial charge in [0, 0.05) is 44.4 Å². The van der Waals surface area contributed by atoms with Crippen molar-refractivity contribution in [2.24, 2.45) is 0 Å². The monoisotopic (exact) mass is 1040 g/mol. The van der Waals surface area contributed by atoms with Gasteiger partial charge in [0.1, 0.15) is 0 Å².